The standard InChI is InChI=1S/C5H6O.W/c1-5-3-2-4-6-5;/h2-4H,1H3;. The molecule has 0 aliphatic heterocycles. The van der Waals surface area contributed by atoms with E-state index in [1.807, 2.05) is 19.1 Å². The molecule has 0 amide bonds. The Labute approximate surface area is 57.0 Å². The van der Waals surface area contributed by atoms with Gasteiger partial charge in [-0.2, -0.15) is 0 Å². The number of aryl methyl sites for hydroxylation is 1. The Morgan fingerprint density at radius 1 is 1.57 bits per heavy atom. The molecule has 1 rings (SSSR count). The molecule has 0 saturated carbocycles. The molecule has 0 saturated heterocycles. The van der Waals surface area contributed by atoms with Gasteiger partial charge in [-0.25, -0.2) is 0 Å². The summed E-state index contributed by atoms with van der Waals surface area (Å²) in [6, 6.07) is 3.79. The van der Waals surface area contributed by atoms with Gasteiger partial charge < -0.3 is 4.42 Å². The fraction of sp³-hybridized carbons (Fsp3) is 0.200. The number of furan rings is 1. The van der Waals surface area contributed by atoms with Crippen molar-refractivity contribution in [1.82, 2.24) is 0 Å². The fourth-order valence-corrected chi connectivity index (χ4v) is 0.361. The Balaban J connectivity index is 0.000000360. The molecular formula is C5H6OW. The molecule has 0 bridgehead atoms. The van der Waals surface area contributed by atoms with E-state index < -0.39 is 0 Å². The SMILES string of the molecule is Cc1ccco1.[W]. The monoisotopic (exact) mass is 266 g/mol. The van der Waals surface area contributed by atoms with Gasteiger partial charge in [-0.15, -0.1) is 0 Å². The molecule has 7 heavy (non-hydrogen) atoms. The molecular weight excluding hydrogens is 260 g/mol. The second-order valence-electron chi connectivity index (χ2n) is 1.22. The first kappa shape index (κ1) is 6.97. The predicted molar refractivity (Wildman–Crippen MR) is 23.4 cm³/mol. The first-order valence-electron chi connectivity index (χ1n) is 1.90. The van der Waals surface area contributed by atoms with Crippen LogP contribution in [0.4, 0.5) is 0 Å². The fourth-order valence-electron chi connectivity index (χ4n) is 0.361. The maximum Gasteiger partial charge on any atom is 0.100 e. The van der Waals surface area contributed by atoms with Gasteiger partial charge in [0.05, 0.1) is 6.26 Å². The summed E-state index contributed by atoms with van der Waals surface area (Å²) in [5, 5.41) is 0. The van der Waals surface area contributed by atoms with E-state index in [2.05, 4.69) is 0 Å². The Morgan fingerprint density at radius 2 is 2.29 bits per heavy atom. The van der Waals surface area contributed by atoms with E-state index in [0.29, 0.717) is 0 Å². The van der Waals surface area contributed by atoms with E-state index in [9.17, 15) is 0 Å². The maximum absolute atomic E-state index is 4.83. The molecule has 0 aromatic carbocycles. The molecule has 0 fully saturated rings. The summed E-state index contributed by atoms with van der Waals surface area (Å²) in [6.45, 7) is 1.92. The molecule has 0 aliphatic carbocycles. The number of rotatable bonds is 0. The van der Waals surface area contributed by atoms with Gasteiger partial charge in [0.1, 0.15) is 5.76 Å². The Kier molecular flexibility index (Phi) is 3.02. The van der Waals surface area contributed by atoms with Crippen LogP contribution in [-0.2, 0) is 21.1 Å². The molecule has 0 atom stereocenters. The summed E-state index contributed by atoms with van der Waals surface area (Å²) >= 11 is 0. The van der Waals surface area contributed by atoms with Crippen molar-refractivity contribution >= 4 is 0 Å². The zero-order chi connectivity index (χ0) is 4.41. The summed E-state index contributed by atoms with van der Waals surface area (Å²) in [4.78, 5) is 0. The van der Waals surface area contributed by atoms with Crippen molar-refractivity contribution in [2.45, 2.75) is 6.92 Å². The van der Waals surface area contributed by atoms with Crippen LogP contribution < -0.4 is 0 Å². The molecule has 1 aromatic heterocycles. The van der Waals surface area contributed by atoms with Crippen LogP contribution in [0.1, 0.15) is 5.76 Å². The van der Waals surface area contributed by atoms with Crippen molar-refractivity contribution in [1.29, 1.82) is 0 Å². The molecule has 1 aromatic rings. The molecule has 1 heterocycles. The predicted octanol–water partition coefficient (Wildman–Crippen LogP) is 1.59. The van der Waals surface area contributed by atoms with Crippen LogP contribution in [0.3, 0.4) is 0 Å². The third-order valence-corrected chi connectivity index (χ3v) is 0.663. The van der Waals surface area contributed by atoms with Gasteiger partial charge in [-0.1, -0.05) is 0 Å². The third-order valence-electron chi connectivity index (χ3n) is 0.663. The van der Waals surface area contributed by atoms with E-state index in [1.165, 1.54) is 0 Å². The molecule has 0 spiro atoms. The molecule has 0 radical (unpaired) electrons. The Hall–Kier alpha value is -0.0317. The normalized spacial score (nSPS) is 7.57. The topological polar surface area (TPSA) is 13.1 Å². The van der Waals surface area contributed by atoms with Crippen LogP contribution in [0.15, 0.2) is 22.8 Å². The van der Waals surface area contributed by atoms with Crippen molar-refractivity contribution in [3.63, 3.8) is 0 Å². The van der Waals surface area contributed by atoms with Crippen LogP contribution in [0.2, 0.25) is 0 Å². The van der Waals surface area contributed by atoms with Crippen LogP contribution in [0, 0.1) is 6.92 Å². The minimum absolute atomic E-state index is 0. The summed E-state index contributed by atoms with van der Waals surface area (Å²) < 4.78 is 4.83. The zero-order valence-corrected chi connectivity index (χ0v) is 6.98. The Bertz CT molecular complexity index is 112. The van der Waals surface area contributed by atoms with Crippen molar-refractivity contribution in [2.75, 3.05) is 0 Å². The Morgan fingerprint density at radius 3 is 2.43 bits per heavy atom. The van der Waals surface area contributed by atoms with Crippen LogP contribution in [-0.4, -0.2) is 0 Å². The van der Waals surface area contributed by atoms with Crippen molar-refractivity contribution in [3.05, 3.63) is 24.2 Å². The van der Waals surface area contributed by atoms with Crippen molar-refractivity contribution < 1.29 is 25.5 Å². The van der Waals surface area contributed by atoms with E-state index in [0.717, 1.165) is 5.76 Å². The molecule has 38 valence electrons. The van der Waals surface area contributed by atoms with E-state index in [-0.39, 0.29) is 21.1 Å². The summed E-state index contributed by atoms with van der Waals surface area (Å²) in [5.41, 5.74) is 0. The largest absolute Gasteiger partial charge is 0.470 e. The van der Waals surface area contributed by atoms with E-state index in [1.54, 1.807) is 6.26 Å². The van der Waals surface area contributed by atoms with Crippen molar-refractivity contribution in [2.24, 2.45) is 0 Å². The average Bonchev–Trinajstić information content (AvgIpc) is 1.86. The van der Waals surface area contributed by atoms with E-state index >= 15 is 0 Å². The quantitative estimate of drug-likeness (QED) is 0.695. The van der Waals surface area contributed by atoms with Crippen LogP contribution >= 0.6 is 0 Å². The molecule has 0 unspecified atom stereocenters. The van der Waals surface area contributed by atoms with Gasteiger partial charge >= 0.3 is 0 Å². The first-order valence-corrected chi connectivity index (χ1v) is 1.90. The van der Waals surface area contributed by atoms with Gasteiger partial charge in [0.25, 0.3) is 0 Å². The molecule has 2 heteroatoms. The smallest absolute Gasteiger partial charge is 0.100 e. The second-order valence-corrected chi connectivity index (χ2v) is 1.22. The van der Waals surface area contributed by atoms with Gasteiger partial charge in [0.15, 0.2) is 0 Å². The first-order chi connectivity index (χ1) is 2.89. The summed E-state index contributed by atoms with van der Waals surface area (Å²) in [5.74, 6) is 0.968. The van der Waals surface area contributed by atoms with Gasteiger partial charge in [0, 0.05) is 21.1 Å². The minimum atomic E-state index is 0. The van der Waals surface area contributed by atoms with Gasteiger partial charge in [-0.3, -0.25) is 0 Å². The zero-order valence-electron chi connectivity index (χ0n) is 4.05. The number of hydrogen-bond acceptors (Lipinski definition) is 1. The molecule has 0 aliphatic rings. The molecule has 1 nitrogen and oxygen atoms in total. The minimum Gasteiger partial charge on any atom is -0.470 e. The van der Waals surface area contributed by atoms with Crippen LogP contribution in [0.25, 0.3) is 0 Å². The van der Waals surface area contributed by atoms with E-state index in [4.69, 9.17) is 4.42 Å². The van der Waals surface area contributed by atoms with Crippen molar-refractivity contribution in [3.8, 4) is 0 Å². The van der Waals surface area contributed by atoms with Gasteiger partial charge in [0.2, 0.25) is 0 Å². The maximum atomic E-state index is 4.83. The summed E-state index contributed by atoms with van der Waals surface area (Å²) in [6.07, 6.45) is 1.66. The second kappa shape index (κ2) is 3.03. The number of hydrogen-bond donors (Lipinski definition) is 0. The molecule has 0 N–H and O–H groups in total. The van der Waals surface area contributed by atoms with Crippen LogP contribution in [0.5, 0.6) is 0 Å². The third kappa shape index (κ3) is 1.94. The van der Waals surface area contributed by atoms with Gasteiger partial charge in [-0.05, 0) is 19.1 Å². The summed E-state index contributed by atoms with van der Waals surface area (Å²) in [7, 11) is 0. The average molecular weight is 266 g/mol.